The van der Waals surface area contributed by atoms with E-state index in [-0.39, 0.29) is 0 Å². The van der Waals surface area contributed by atoms with Crippen molar-refractivity contribution in [1.82, 2.24) is 0 Å². The molecule has 0 aliphatic heterocycles. The van der Waals surface area contributed by atoms with E-state index in [0.717, 1.165) is 11.1 Å². The van der Waals surface area contributed by atoms with E-state index in [4.69, 9.17) is 15.5 Å². The molecule has 0 bridgehead atoms. The summed E-state index contributed by atoms with van der Waals surface area (Å²) in [6.45, 7) is 3.71. The molecule has 0 aliphatic rings. The topological polar surface area (TPSA) is 83.6 Å². The van der Waals surface area contributed by atoms with Crippen molar-refractivity contribution in [1.29, 1.82) is 0 Å². The number of nitrogens with two attached hydrogens (primary N) is 1. The van der Waals surface area contributed by atoms with Crippen LogP contribution in [0.3, 0.4) is 0 Å². The maximum absolute atomic E-state index is 10.9. The van der Waals surface area contributed by atoms with Crippen molar-refractivity contribution in [2.45, 2.75) is 19.6 Å². The SMILES string of the molecule is Cc1ccc(C(N)P(=O)(O)O)c(C)c1. The second-order valence-corrected chi connectivity index (χ2v) is 5.13. The second-order valence-electron chi connectivity index (χ2n) is 3.39. The minimum absolute atomic E-state index is 0.504. The molecule has 0 aliphatic carbocycles. The van der Waals surface area contributed by atoms with Crippen molar-refractivity contribution in [3.8, 4) is 0 Å². The Balaban J connectivity index is 3.14. The first-order chi connectivity index (χ1) is 6.32. The number of hydrogen-bond donors (Lipinski definition) is 3. The van der Waals surface area contributed by atoms with Gasteiger partial charge in [-0.25, -0.2) is 0 Å². The fourth-order valence-electron chi connectivity index (χ4n) is 1.34. The highest BCUT2D eigenvalue weighted by molar-refractivity contribution is 7.52. The minimum atomic E-state index is -4.24. The lowest BCUT2D eigenvalue weighted by molar-refractivity contribution is 0.359. The zero-order valence-electron chi connectivity index (χ0n) is 8.14. The Bertz CT molecular complexity index is 386. The standard InChI is InChI=1S/C9H14NO3P/c1-6-3-4-8(7(2)5-6)9(10)14(11,12)13/h3-5,9H,10H2,1-2H3,(H2,11,12,13). The molecule has 1 rings (SSSR count). The first-order valence-corrected chi connectivity index (χ1v) is 5.88. The summed E-state index contributed by atoms with van der Waals surface area (Å²) in [5.74, 6) is -1.22. The van der Waals surface area contributed by atoms with Crippen LogP contribution in [0.1, 0.15) is 22.5 Å². The molecule has 0 saturated carbocycles. The summed E-state index contributed by atoms with van der Waals surface area (Å²) < 4.78 is 10.9. The van der Waals surface area contributed by atoms with E-state index in [1.54, 1.807) is 19.1 Å². The number of hydrogen-bond acceptors (Lipinski definition) is 2. The molecule has 14 heavy (non-hydrogen) atoms. The van der Waals surface area contributed by atoms with Gasteiger partial charge in [0.15, 0.2) is 0 Å². The van der Waals surface area contributed by atoms with Crippen LogP contribution in [-0.2, 0) is 4.57 Å². The Labute approximate surface area is 82.9 Å². The van der Waals surface area contributed by atoms with Gasteiger partial charge in [-0.3, -0.25) is 4.57 Å². The molecule has 0 aromatic heterocycles. The van der Waals surface area contributed by atoms with Gasteiger partial charge in [0.05, 0.1) is 0 Å². The van der Waals surface area contributed by atoms with Gasteiger partial charge in [-0.2, -0.15) is 0 Å². The summed E-state index contributed by atoms with van der Waals surface area (Å²) in [6, 6.07) is 5.30. The quantitative estimate of drug-likeness (QED) is 0.652. The molecule has 1 atom stereocenters. The van der Waals surface area contributed by atoms with Crippen molar-refractivity contribution in [3.63, 3.8) is 0 Å². The summed E-state index contributed by atoms with van der Waals surface area (Å²) in [5, 5.41) is 0. The fourth-order valence-corrected chi connectivity index (χ4v) is 1.99. The van der Waals surface area contributed by atoms with Crippen LogP contribution in [0, 0.1) is 13.8 Å². The fraction of sp³-hybridized carbons (Fsp3) is 0.333. The molecule has 0 heterocycles. The first-order valence-electron chi connectivity index (χ1n) is 4.20. The average molecular weight is 215 g/mol. The van der Waals surface area contributed by atoms with Crippen LogP contribution in [0.2, 0.25) is 0 Å². The summed E-state index contributed by atoms with van der Waals surface area (Å²) in [7, 11) is -4.24. The molecule has 78 valence electrons. The predicted molar refractivity (Wildman–Crippen MR) is 54.9 cm³/mol. The van der Waals surface area contributed by atoms with Crippen LogP contribution in [0.5, 0.6) is 0 Å². The Morgan fingerprint density at radius 3 is 2.36 bits per heavy atom. The lowest BCUT2D eigenvalue weighted by atomic mass is 10.1. The van der Waals surface area contributed by atoms with Crippen molar-refractivity contribution in [3.05, 3.63) is 34.9 Å². The van der Waals surface area contributed by atoms with E-state index in [0.29, 0.717) is 5.56 Å². The molecule has 1 unspecified atom stereocenters. The summed E-state index contributed by atoms with van der Waals surface area (Å²) in [6.07, 6.45) is 0. The number of rotatable bonds is 2. The Morgan fingerprint density at radius 1 is 1.36 bits per heavy atom. The highest BCUT2D eigenvalue weighted by atomic mass is 31.2. The van der Waals surface area contributed by atoms with Crippen LogP contribution in [0.15, 0.2) is 18.2 Å². The van der Waals surface area contributed by atoms with Crippen LogP contribution in [0.4, 0.5) is 0 Å². The molecule has 0 saturated heterocycles. The maximum Gasteiger partial charge on any atom is 0.346 e. The molecule has 5 heteroatoms. The van der Waals surface area contributed by atoms with Crippen LogP contribution >= 0.6 is 7.60 Å². The third-order valence-electron chi connectivity index (χ3n) is 2.11. The molecular weight excluding hydrogens is 201 g/mol. The zero-order chi connectivity index (χ0) is 10.9. The maximum atomic E-state index is 10.9. The van der Waals surface area contributed by atoms with Crippen LogP contribution in [0.25, 0.3) is 0 Å². The molecular formula is C9H14NO3P. The number of benzene rings is 1. The summed E-state index contributed by atoms with van der Waals surface area (Å²) in [5.41, 5.74) is 7.82. The normalized spacial score (nSPS) is 14.1. The van der Waals surface area contributed by atoms with Gasteiger partial charge >= 0.3 is 7.60 Å². The van der Waals surface area contributed by atoms with Crippen molar-refractivity contribution < 1.29 is 14.4 Å². The predicted octanol–water partition coefficient (Wildman–Crippen LogP) is 1.44. The Hall–Kier alpha value is -0.670. The zero-order valence-corrected chi connectivity index (χ0v) is 9.03. The van der Waals surface area contributed by atoms with E-state index in [1.807, 2.05) is 13.0 Å². The Kier molecular flexibility index (Phi) is 3.12. The minimum Gasteiger partial charge on any atom is -0.323 e. The van der Waals surface area contributed by atoms with Crippen LogP contribution in [-0.4, -0.2) is 9.79 Å². The van der Waals surface area contributed by atoms with Gasteiger partial charge in [-0.15, -0.1) is 0 Å². The molecule has 4 nitrogen and oxygen atoms in total. The summed E-state index contributed by atoms with van der Waals surface area (Å²) in [4.78, 5) is 17.8. The van der Waals surface area contributed by atoms with Crippen molar-refractivity contribution >= 4 is 7.60 Å². The van der Waals surface area contributed by atoms with Gasteiger partial charge in [-0.05, 0) is 25.0 Å². The van der Waals surface area contributed by atoms with Crippen LogP contribution < -0.4 is 5.73 Å². The smallest absolute Gasteiger partial charge is 0.323 e. The lowest BCUT2D eigenvalue weighted by Gasteiger charge is -2.16. The first kappa shape index (κ1) is 11.4. The highest BCUT2D eigenvalue weighted by Gasteiger charge is 2.27. The molecule has 0 radical (unpaired) electrons. The average Bonchev–Trinajstić information content (AvgIpc) is 2.01. The van der Waals surface area contributed by atoms with E-state index in [2.05, 4.69) is 0 Å². The Morgan fingerprint density at radius 2 is 1.93 bits per heavy atom. The van der Waals surface area contributed by atoms with E-state index in [1.165, 1.54) is 0 Å². The third-order valence-corrected chi connectivity index (χ3v) is 3.11. The van der Waals surface area contributed by atoms with E-state index < -0.39 is 13.4 Å². The van der Waals surface area contributed by atoms with Gasteiger partial charge < -0.3 is 15.5 Å². The highest BCUT2D eigenvalue weighted by Crippen LogP contribution is 2.48. The van der Waals surface area contributed by atoms with Crippen molar-refractivity contribution in [2.24, 2.45) is 5.73 Å². The van der Waals surface area contributed by atoms with Gasteiger partial charge in [0.2, 0.25) is 0 Å². The van der Waals surface area contributed by atoms with Gasteiger partial charge in [0, 0.05) is 0 Å². The van der Waals surface area contributed by atoms with E-state index >= 15 is 0 Å². The molecule has 4 N–H and O–H groups in total. The molecule has 1 aromatic rings. The number of aryl methyl sites for hydroxylation is 2. The monoisotopic (exact) mass is 215 g/mol. The van der Waals surface area contributed by atoms with Gasteiger partial charge in [0.25, 0.3) is 0 Å². The van der Waals surface area contributed by atoms with Gasteiger partial charge in [0.1, 0.15) is 5.78 Å². The third kappa shape index (κ3) is 2.42. The molecule has 0 fully saturated rings. The van der Waals surface area contributed by atoms with Gasteiger partial charge in [-0.1, -0.05) is 23.8 Å². The summed E-state index contributed by atoms with van der Waals surface area (Å²) >= 11 is 0. The molecule has 0 amide bonds. The van der Waals surface area contributed by atoms with E-state index in [9.17, 15) is 4.57 Å². The van der Waals surface area contributed by atoms with Crippen molar-refractivity contribution in [2.75, 3.05) is 0 Å². The molecule has 0 spiro atoms. The second kappa shape index (κ2) is 3.83. The largest absolute Gasteiger partial charge is 0.346 e. The lowest BCUT2D eigenvalue weighted by Crippen LogP contribution is -2.12. The molecule has 1 aromatic carbocycles.